The van der Waals surface area contributed by atoms with Gasteiger partial charge >= 0.3 is 6.00 Å². The molecule has 1 nitrogen and oxygen atoms in total. The highest BCUT2D eigenvalue weighted by atomic mass is 35.8. The normalized spacial score (nSPS) is 13.3. The van der Waals surface area contributed by atoms with Gasteiger partial charge in [0.15, 0.2) is 0 Å². The van der Waals surface area contributed by atoms with Crippen molar-refractivity contribution in [3.63, 3.8) is 0 Å². The van der Waals surface area contributed by atoms with Crippen LogP contribution in [0.15, 0.2) is 0 Å². The molecule has 1 unspecified atom stereocenters. The van der Waals surface area contributed by atoms with Crippen LogP contribution in [0.2, 0.25) is 5.54 Å². The fraction of sp³-hybridized carbons (Fsp3) is 1.00. The molecule has 0 saturated heterocycles. The second-order valence-electron chi connectivity index (χ2n) is 7.51. The smallest absolute Gasteiger partial charge is 0.346 e. The van der Waals surface area contributed by atoms with Gasteiger partial charge in [0.2, 0.25) is 0 Å². The van der Waals surface area contributed by atoms with Crippen molar-refractivity contribution in [3.05, 3.63) is 0 Å². The lowest BCUT2D eigenvalue weighted by Gasteiger charge is -2.19. The third-order valence-corrected chi connectivity index (χ3v) is 9.26. The number of aliphatic hydroxyl groups is 1. The molecule has 0 aliphatic heterocycles. The molecule has 25 heavy (non-hydrogen) atoms. The van der Waals surface area contributed by atoms with Crippen molar-refractivity contribution in [3.8, 4) is 0 Å². The Bertz CT molecular complexity index is 272. The first-order chi connectivity index (χ1) is 12.0. The average molecular weight is 432 g/mol. The quantitative estimate of drug-likeness (QED) is 0.123. The molecule has 1 N–H and O–H groups in total. The highest BCUT2D eigenvalue weighted by molar-refractivity contribution is 7.65. The first kappa shape index (κ1) is 26.0. The van der Waals surface area contributed by atoms with Crippen LogP contribution < -0.4 is 0 Å². The summed E-state index contributed by atoms with van der Waals surface area (Å²) in [5.74, 6) is 0. The summed E-state index contributed by atoms with van der Waals surface area (Å²) in [6.07, 6.45) is 22.7. The molecule has 0 rings (SSSR count). The van der Waals surface area contributed by atoms with Crippen LogP contribution in [-0.2, 0) is 0 Å². The molecule has 0 amide bonds. The van der Waals surface area contributed by atoms with Crippen molar-refractivity contribution in [2.45, 2.75) is 122 Å². The van der Waals surface area contributed by atoms with Gasteiger partial charge in [0.1, 0.15) is 0 Å². The van der Waals surface area contributed by atoms with Gasteiger partial charge in [0.05, 0.1) is 0 Å². The number of hydrogen-bond acceptors (Lipinski definition) is 1. The highest BCUT2D eigenvalue weighted by Gasteiger charge is 2.35. The van der Waals surface area contributed by atoms with Crippen LogP contribution in [0.3, 0.4) is 0 Å². The summed E-state index contributed by atoms with van der Waals surface area (Å²) in [6.45, 7) is 2.29. The van der Waals surface area contributed by atoms with Crippen molar-refractivity contribution >= 4 is 39.2 Å². The summed E-state index contributed by atoms with van der Waals surface area (Å²) < 4.78 is 0. The second kappa shape index (κ2) is 18.4. The zero-order valence-electron chi connectivity index (χ0n) is 16.4. The van der Waals surface area contributed by atoms with Crippen LogP contribution in [0.4, 0.5) is 0 Å². The zero-order chi connectivity index (χ0) is 18.8. The molecular formula is C20H41Cl3OSi. The maximum Gasteiger partial charge on any atom is 0.346 e. The molecule has 0 heterocycles. The zero-order valence-corrected chi connectivity index (χ0v) is 19.7. The van der Waals surface area contributed by atoms with E-state index in [2.05, 4.69) is 6.92 Å². The number of halogens is 3. The minimum atomic E-state index is -2.73. The standard InChI is InChI=1S/C20H41Cl3OSi/c1-2-3-4-5-6-7-8-9-10-11-12-13-14-15-16-17-18-20(19-24)25(21,22)23/h20,24H,2-19H2,1H3. The molecule has 0 aromatic heterocycles. The molecule has 0 fully saturated rings. The van der Waals surface area contributed by atoms with Crippen molar-refractivity contribution in [1.82, 2.24) is 0 Å². The van der Waals surface area contributed by atoms with Crippen LogP contribution in [0.5, 0.6) is 0 Å². The van der Waals surface area contributed by atoms with Gasteiger partial charge in [-0.2, -0.15) is 0 Å². The van der Waals surface area contributed by atoms with Gasteiger partial charge in [0, 0.05) is 12.1 Å². The molecule has 0 radical (unpaired) electrons. The van der Waals surface area contributed by atoms with Gasteiger partial charge < -0.3 is 5.11 Å². The number of unbranched alkanes of at least 4 members (excludes halogenated alkanes) is 15. The van der Waals surface area contributed by atoms with E-state index in [0.717, 1.165) is 12.8 Å². The molecule has 152 valence electrons. The van der Waals surface area contributed by atoms with Crippen molar-refractivity contribution in [2.24, 2.45) is 0 Å². The SMILES string of the molecule is CCCCCCCCCCCCCCCCCCC(CO)[Si](Cl)(Cl)Cl. The Balaban J connectivity index is 3.19. The summed E-state index contributed by atoms with van der Waals surface area (Å²) in [6, 6.07) is -2.73. The van der Waals surface area contributed by atoms with E-state index in [1.807, 2.05) is 0 Å². The fourth-order valence-corrected chi connectivity index (χ4v) is 5.64. The van der Waals surface area contributed by atoms with Gasteiger partial charge in [-0.1, -0.05) is 110 Å². The summed E-state index contributed by atoms with van der Waals surface area (Å²) in [7, 11) is 0. The molecule has 1 atom stereocenters. The Kier molecular flexibility index (Phi) is 19.2. The lowest BCUT2D eigenvalue weighted by atomic mass is 10.0. The molecule has 0 bridgehead atoms. The van der Waals surface area contributed by atoms with E-state index in [-0.39, 0.29) is 12.1 Å². The van der Waals surface area contributed by atoms with Crippen LogP contribution in [0.1, 0.15) is 116 Å². The lowest BCUT2D eigenvalue weighted by Crippen LogP contribution is -2.22. The van der Waals surface area contributed by atoms with Gasteiger partial charge in [-0.05, 0) is 6.42 Å². The predicted molar refractivity (Wildman–Crippen MR) is 118 cm³/mol. The van der Waals surface area contributed by atoms with Gasteiger partial charge in [-0.15, -0.1) is 33.2 Å². The fourth-order valence-electron chi connectivity index (χ4n) is 3.30. The molecular weight excluding hydrogens is 391 g/mol. The van der Waals surface area contributed by atoms with Gasteiger partial charge in [-0.25, -0.2) is 0 Å². The molecule has 0 aliphatic carbocycles. The molecule has 0 aromatic rings. The topological polar surface area (TPSA) is 20.2 Å². The Morgan fingerprint density at radius 3 is 1.20 bits per heavy atom. The average Bonchev–Trinajstić information content (AvgIpc) is 2.56. The van der Waals surface area contributed by atoms with Crippen LogP contribution in [-0.4, -0.2) is 17.7 Å². The van der Waals surface area contributed by atoms with Crippen LogP contribution in [0, 0.1) is 0 Å². The Morgan fingerprint density at radius 1 is 0.600 bits per heavy atom. The van der Waals surface area contributed by atoms with Crippen LogP contribution in [0.25, 0.3) is 0 Å². The summed E-state index contributed by atoms with van der Waals surface area (Å²) in [5, 5.41) is 9.27. The van der Waals surface area contributed by atoms with Crippen molar-refractivity contribution in [2.75, 3.05) is 6.61 Å². The Hall–Kier alpha value is 1.05. The third-order valence-electron chi connectivity index (χ3n) is 5.09. The van der Waals surface area contributed by atoms with E-state index in [4.69, 9.17) is 33.2 Å². The van der Waals surface area contributed by atoms with E-state index in [0.29, 0.717) is 0 Å². The minimum Gasteiger partial charge on any atom is -0.396 e. The molecule has 0 aromatic carbocycles. The molecule has 0 spiro atoms. The number of rotatable bonds is 19. The van der Waals surface area contributed by atoms with E-state index in [9.17, 15) is 5.11 Å². The van der Waals surface area contributed by atoms with Crippen molar-refractivity contribution < 1.29 is 5.11 Å². The third kappa shape index (κ3) is 18.2. The summed E-state index contributed by atoms with van der Waals surface area (Å²) >= 11 is 17.9. The number of aliphatic hydroxyl groups excluding tert-OH is 1. The molecule has 0 saturated carbocycles. The minimum absolute atomic E-state index is 0.0153. The van der Waals surface area contributed by atoms with E-state index < -0.39 is 6.00 Å². The first-order valence-corrected chi connectivity index (χ1v) is 15.8. The predicted octanol–water partition coefficient (Wildman–Crippen LogP) is 8.66. The largest absolute Gasteiger partial charge is 0.396 e. The highest BCUT2D eigenvalue weighted by Crippen LogP contribution is 2.37. The molecule has 0 aliphatic rings. The van der Waals surface area contributed by atoms with E-state index in [1.165, 1.54) is 96.3 Å². The maximum atomic E-state index is 9.27. The Labute approximate surface area is 172 Å². The maximum absolute atomic E-state index is 9.27. The summed E-state index contributed by atoms with van der Waals surface area (Å²) in [5.41, 5.74) is -0.0934. The van der Waals surface area contributed by atoms with E-state index in [1.54, 1.807) is 0 Å². The van der Waals surface area contributed by atoms with E-state index >= 15 is 0 Å². The van der Waals surface area contributed by atoms with Gasteiger partial charge in [0.25, 0.3) is 0 Å². The second-order valence-corrected chi connectivity index (χ2v) is 16.5. The lowest BCUT2D eigenvalue weighted by molar-refractivity contribution is 0.281. The Morgan fingerprint density at radius 2 is 0.920 bits per heavy atom. The van der Waals surface area contributed by atoms with Crippen molar-refractivity contribution in [1.29, 1.82) is 0 Å². The monoisotopic (exact) mass is 430 g/mol. The van der Waals surface area contributed by atoms with Gasteiger partial charge in [-0.3, -0.25) is 0 Å². The summed E-state index contributed by atoms with van der Waals surface area (Å²) in [4.78, 5) is 0. The first-order valence-electron chi connectivity index (χ1n) is 10.7. The molecule has 5 heteroatoms. The number of hydrogen-bond donors (Lipinski definition) is 1. The van der Waals surface area contributed by atoms with Crippen LogP contribution >= 0.6 is 33.2 Å².